The summed E-state index contributed by atoms with van der Waals surface area (Å²) in [4.78, 5) is 4.30. The minimum Gasteiger partial charge on any atom is -0.392 e. The van der Waals surface area contributed by atoms with Crippen molar-refractivity contribution in [1.29, 1.82) is 0 Å². The Morgan fingerprint density at radius 3 is 2.94 bits per heavy atom. The molecule has 4 heteroatoms. The first kappa shape index (κ1) is 10.9. The van der Waals surface area contributed by atoms with Crippen LogP contribution in [0.25, 0.3) is 16.7 Å². The Hall–Kier alpha value is -2.20. The summed E-state index contributed by atoms with van der Waals surface area (Å²) in [6.07, 6.45) is 3.57. The second kappa shape index (κ2) is 4.23. The lowest BCUT2D eigenvalue weighted by molar-refractivity contribution is 0.281. The van der Waals surface area contributed by atoms with Crippen LogP contribution >= 0.6 is 0 Å². The van der Waals surface area contributed by atoms with Crippen LogP contribution in [-0.4, -0.2) is 14.7 Å². The third kappa shape index (κ3) is 1.67. The lowest BCUT2D eigenvalue weighted by Gasteiger charge is -2.09. The average Bonchev–Trinajstić information content (AvgIpc) is 2.82. The van der Waals surface area contributed by atoms with Crippen molar-refractivity contribution in [2.75, 3.05) is 0 Å². The molecular weight excluding hydrogens is 231 g/mol. The minimum absolute atomic E-state index is 0.209. The van der Waals surface area contributed by atoms with E-state index in [2.05, 4.69) is 4.98 Å². The Kier molecular flexibility index (Phi) is 2.57. The molecule has 2 heterocycles. The zero-order valence-corrected chi connectivity index (χ0v) is 9.55. The molecule has 0 aliphatic carbocycles. The van der Waals surface area contributed by atoms with Gasteiger partial charge < -0.3 is 9.67 Å². The smallest absolute Gasteiger partial charge is 0.144 e. The molecule has 0 atom stereocenters. The number of pyridine rings is 1. The number of fused-ring (bicyclic) bond motifs is 1. The molecule has 0 amide bonds. The van der Waals surface area contributed by atoms with Crippen LogP contribution in [0.15, 0.2) is 48.8 Å². The van der Waals surface area contributed by atoms with Gasteiger partial charge in [-0.05, 0) is 36.4 Å². The molecule has 0 saturated carbocycles. The maximum Gasteiger partial charge on any atom is 0.144 e. The maximum atomic E-state index is 13.2. The van der Waals surface area contributed by atoms with Gasteiger partial charge in [-0.3, -0.25) is 0 Å². The highest BCUT2D eigenvalue weighted by Gasteiger charge is 2.08. The summed E-state index contributed by atoms with van der Waals surface area (Å²) in [5, 5.41) is 10.3. The van der Waals surface area contributed by atoms with E-state index in [0.717, 1.165) is 16.7 Å². The average molecular weight is 242 g/mol. The van der Waals surface area contributed by atoms with Crippen molar-refractivity contribution in [1.82, 2.24) is 9.55 Å². The zero-order chi connectivity index (χ0) is 12.5. The van der Waals surface area contributed by atoms with E-state index in [4.69, 9.17) is 0 Å². The summed E-state index contributed by atoms with van der Waals surface area (Å²) >= 11 is 0. The molecular formula is C14H11FN2O. The molecule has 18 heavy (non-hydrogen) atoms. The van der Waals surface area contributed by atoms with E-state index in [-0.39, 0.29) is 12.4 Å². The van der Waals surface area contributed by atoms with Crippen LogP contribution in [0.1, 0.15) is 5.56 Å². The van der Waals surface area contributed by atoms with Crippen LogP contribution in [0.2, 0.25) is 0 Å². The van der Waals surface area contributed by atoms with Gasteiger partial charge in [0.15, 0.2) is 0 Å². The fourth-order valence-electron chi connectivity index (χ4n) is 2.08. The monoisotopic (exact) mass is 242 g/mol. The van der Waals surface area contributed by atoms with Crippen molar-refractivity contribution < 1.29 is 9.50 Å². The van der Waals surface area contributed by atoms with Crippen molar-refractivity contribution in [2.45, 2.75) is 6.61 Å². The predicted molar refractivity (Wildman–Crippen MR) is 67.0 cm³/mol. The zero-order valence-electron chi connectivity index (χ0n) is 9.55. The van der Waals surface area contributed by atoms with Gasteiger partial charge in [-0.25, -0.2) is 9.37 Å². The minimum atomic E-state index is -0.354. The van der Waals surface area contributed by atoms with Crippen LogP contribution in [0, 0.1) is 5.82 Å². The number of aliphatic hydroxyl groups is 1. The van der Waals surface area contributed by atoms with Crippen LogP contribution in [-0.2, 0) is 6.61 Å². The normalized spacial score (nSPS) is 11.0. The molecule has 0 fully saturated rings. The highest BCUT2D eigenvalue weighted by molar-refractivity contribution is 5.78. The molecule has 3 rings (SSSR count). The first-order valence-electron chi connectivity index (χ1n) is 5.61. The van der Waals surface area contributed by atoms with E-state index < -0.39 is 0 Å². The molecule has 3 nitrogen and oxygen atoms in total. The van der Waals surface area contributed by atoms with Gasteiger partial charge in [-0.2, -0.15) is 0 Å². The van der Waals surface area contributed by atoms with Crippen LogP contribution in [0.3, 0.4) is 0 Å². The fraction of sp³-hybridized carbons (Fsp3) is 0.0714. The summed E-state index contributed by atoms with van der Waals surface area (Å²) < 4.78 is 15.0. The van der Waals surface area contributed by atoms with Crippen molar-refractivity contribution in [3.8, 4) is 5.69 Å². The van der Waals surface area contributed by atoms with E-state index in [0.29, 0.717) is 5.56 Å². The maximum absolute atomic E-state index is 13.2. The third-order valence-electron chi connectivity index (χ3n) is 2.92. The van der Waals surface area contributed by atoms with E-state index in [9.17, 15) is 9.50 Å². The largest absolute Gasteiger partial charge is 0.392 e. The lowest BCUT2D eigenvalue weighted by Crippen LogP contribution is -2.00. The Balaban J connectivity index is 2.26. The van der Waals surface area contributed by atoms with Gasteiger partial charge in [-0.15, -0.1) is 0 Å². The van der Waals surface area contributed by atoms with Gasteiger partial charge in [0.2, 0.25) is 0 Å². The van der Waals surface area contributed by atoms with Crippen LogP contribution < -0.4 is 0 Å². The molecule has 1 N–H and O–H groups in total. The Bertz CT molecular complexity index is 706. The lowest BCUT2D eigenvalue weighted by atomic mass is 10.2. The van der Waals surface area contributed by atoms with E-state index in [1.54, 1.807) is 12.3 Å². The molecule has 2 aromatic heterocycles. The molecule has 0 aliphatic rings. The SMILES string of the molecule is OCc1cc(F)ccc1-n1ccc2cccnc21. The molecule has 0 radical (unpaired) electrons. The van der Waals surface area contributed by atoms with Crippen LogP contribution in [0.5, 0.6) is 0 Å². The van der Waals surface area contributed by atoms with Crippen molar-refractivity contribution in [3.05, 3.63) is 60.2 Å². The standard InChI is InChI=1S/C14H11FN2O/c15-12-3-4-13(11(8-12)9-18)17-7-5-10-2-1-6-16-14(10)17/h1-8,18H,9H2. The van der Waals surface area contributed by atoms with Crippen molar-refractivity contribution in [2.24, 2.45) is 0 Å². The quantitative estimate of drug-likeness (QED) is 0.750. The summed E-state index contributed by atoms with van der Waals surface area (Å²) in [5.41, 5.74) is 2.07. The van der Waals surface area contributed by atoms with Gasteiger partial charge in [0.25, 0.3) is 0 Å². The molecule has 0 aliphatic heterocycles. The molecule has 0 unspecified atom stereocenters. The number of hydrogen-bond acceptors (Lipinski definition) is 2. The molecule has 3 aromatic rings. The highest BCUT2D eigenvalue weighted by Crippen LogP contribution is 2.22. The number of hydrogen-bond donors (Lipinski definition) is 1. The van der Waals surface area contributed by atoms with Crippen LogP contribution in [0.4, 0.5) is 4.39 Å². The Morgan fingerprint density at radius 2 is 2.11 bits per heavy atom. The Morgan fingerprint density at radius 1 is 1.22 bits per heavy atom. The third-order valence-corrected chi connectivity index (χ3v) is 2.92. The van der Waals surface area contributed by atoms with Crippen molar-refractivity contribution in [3.63, 3.8) is 0 Å². The topological polar surface area (TPSA) is 38.0 Å². The summed E-state index contributed by atoms with van der Waals surface area (Å²) in [5.74, 6) is -0.354. The predicted octanol–water partition coefficient (Wildman–Crippen LogP) is 2.66. The van der Waals surface area contributed by atoms with E-state index in [1.165, 1.54) is 12.1 Å². The Labute approximate surface area is 103 Å². The number of aliphatic hydroxyl groups excluding tert-OH is 1. The first-order chi connectivity index (χ1) is 8.79. The molecule has 0 bridgehead atoms. The molecule has 0 spiro atoms. The number of rotatable bonds is 2. The number of nitrogens with zero attached hydrogens (tertiary/aromatic N) is 2. The number of halogens is 1. The summed E-state index contributed by atoms with van der Waals surface area (Å²) in [6.45, 7) is -0.209. The highest BCUT2D eigenvalue weighted by atomic mass is 19.1. The second-order valence-corrected chi connectivity index (χ2v) is 4.03. The van der Waals surface area contributed by atoms with E-state index >= 15 is 0 Å². The molecule has 0 saturated heterocycles. The van der Waals surface area contributed by atoms with Crippen molar-refractivity contribution >= 4 is 11.0 Å². The summed E-state index contributed by atoms with van der Waals surface area (Å²) in [7, 11) is 0. The number of aromatic nitrogens is 2. The molecule has 1 aromatic carbocycles. The first-order valence-corrected chi connectivity index (χ1v) is 5.61. The number of benzene rings is 1. The molecule has 90 valence electrons. The van der Waals surface area contributed by atoms with E-state index in [1.807, 2.05) is 29.0 Å². The fourth-order valence-corrected chi connectivity index (χ4v) is 2.08. The van der Waals surface area contributed by atoms with Gasteiger partial charge >= 0.3 is 0 Å². The van der Waals surface area contributed by atoms with Gasteiger partial charge in [0.05, 0.1) is 12.3 Å². The van der Waals surface area contributed by atoms with Gasteiger partial charge in [0, 0.05) is 23.3 Å². The van der Waals surface area contributed by atoms with Gasteiger partial charge in [0.1, 0.15) is 11.5 Å². The van der Waals surface area contributed by atoms with Gasteiger partial charge in [-0.1, -0.05) is 0 Å². The second-order valence-electron chi connectivity index (χ2n) is 4.03. The summed E-state index contributed by atoms with van der Waals surface area (Å²) in [6, 6.07) is 10.1.